The predicted molar refractivity (Wildman–Crippen MR) is 96.4 cm³/mol. The van der Waals surface area contributed by atoms with Gasteiger partial charge in [0.25, 0.3) is 0 Å². The second-order valence-corrected chi connectivity index (χ2v) is 8.27. The molecule has 3 aliphatic carbocycles. The monoisotopic (exact) mass is 338 g/mol. The molecular formula is C22H26O3. The van der Waals surface area contributed by atoms with Crippen molar-refractivity contribution in [1.82, 2.24) is 0 Å². The highest BCUT2D eigenvalue weighted by atomic mass is 16.5. The van der Waals surface area contributed by atoms with Gasteiger partial charge >= 0.3 is 5.97 Å². The van der Waals surface area contributed by atoms with Gasteiger partial charge in [0.1, 0.15) is 11.5 Å². The molecule has 0 aliphatic heterocycles. The molecule has 3 aliphatic rings. The minimum atomic E-state index is -0.282. The Balaban J connectivity index is 1.73. The second kappa shape index (κ2) is 5.82. The van der Waals surface area contributed by atoms with Crippen LogP contribution in [0.15, 0.2) is 30.9 Å². The van der Waals surface area contributed by atoms with E-state index in [4.69, 9.17) is 4.74 Å². The van der Waals surface area contributed by atoms with Crippen LogP contribution in [0.25, 0.3) is 0 Å². The van der Waals surface area contributed by atoms with E-state index in [1.54, 1.807) is 0 Å². The fourth-order valence-electron chi connectivity index (χ4n) is 5.98. The smallest absolute Gasteiger partial charge is 0.308 e. The average Bonchev–Trinajstić information content (AvgIpc) is 2.88. The first-order valence-corrected chi connectivity index (χ1v) is 9.41. The molecule has 25 heavy (non-hydrogen) atoms. The first-order valence-electron chi connectivity index (χ1n) is 9.41. The van der Waals surface area contributed by atoms with Crippen molar-refractivity contribution in [3.05, 3.63) is 42.0 Å². The van der Waals surface area contributed by atoms with Gasteiger partial charge in [0.15, 0.2) is 0 Å². The summed E-state index contributed by atoms with van der Waals surface area (Å²) in [6, 6.07) is 6.08. The summed E-state index contributed by atoms with van der Waals surface area (Å²) >= 11 is 0. The molecule has 0 heterocycles. The number of rotatable bonds is 2. The van der Waals surface area contributed by atoms with Crippen LogP contribution in [0.3, 0.4) is 0 Å². The predicted octanol–water partition coefficient (Wildman–Crippen LogP) is 4.45. The van der Waals surface area contributed by atoms with Crippen LogP contribution in [0.5, 0.6) is 5.75 Å². The maximum atomic E-state index is 12.6. The van der Waals surface area contributed by atoms with Crippen molar-refractivity contribution in [3.8, 4) is 5.75 Å². The van der Waals surface area contributed by atoms with Crippen molar-refractivity contribution < 1.29 is 14.3 Å². The number of ether oxygens (including phenoxy) is 1. The van der Waals surface area contributed by atoms with Crippen LogP contribution in [0.4, 0.5) is 0 Å². The summed E-state index contributed by atoms with van der Waals surface area (Å²) in [6.07, 6.45) is 6.88. The zero-order valence-corrected chi connectivity index (χ0v) is 15.1. The summed E-state index contributed by atoms with van der Waals surface area (Å²) in [6.45, 7) is 7.72. The Bertz CT molecular complexity index is 750. The van der Waals surface area contributed by atoms with Crippen molar-refractivity contribution in [3.63, 3.8) is 0 Å². The fraction of sp³-hybridized carbons (Fsp3) is 0.545. The van der Waals surface area contributed by atoms with Gasteiger partial charge in [-0.25, -0.2) is 0 Å². The Kier molecular flexibility index (Phi) is 3.86. The molecule has 0 aromatic heterocycles. The van der Waals surface area contributed by atoms with Crippen LogP contribution in [-0.2, 0) is 16.0 Å². The normalized spacial score (nSPS) is 36.2. The highest BCUT2D eigenvalue weighted by molar-refractivity contribution is 5.87. The Morgan fingerprint density at radius 3 is 2.84 bits per heavy atom. The highest BCUT2D eigenvalue weighted by Crippen LogP contribution is 2.61. The van der Waals surface area contributed by atoms with E-state index < -0.39 is 0 Å². The summed E-state index contributed by atoms with van der Waals surface area (Å²) < 4.78 is 5.27. The van der Waals surface area contributed by atoms with Crippen LogP contribution in [-0.4, -0.2) is 11.8 Å². The maximum absolute atomic E-state index is 12.6. The molecule has 5 atom stereocenters. The molecule has 0 radical (unpaired) electrons. The van der Waals surface area contributed by atoms with Crippen molar-refractivity contribution in [2.45, 2.75) is 51.9 Å². The number of carbonyl (C=O) groups excluding carboxylic acids is 2. The summed E-state index contributed by atoms with van der Waals surface area (Å²) in [5, 5.41) is 0. The lowest BCUT2D eigenvalue weighted by atomic mass is 9.52. The summed E-state index contributed by atoms with van der Waals surface area (Å²) in [4.78, 5) is 23.8. The molecule has 1 aromatic rings. The summed E-state index contributed by atoms with van der Waals surface area (Å²) in [7, 11) is 0. The Morgan fingerprint density at radius 1 is 1.32 bits per heavy atom. The first kappa shape index (κ1) is 16.6. The quantitative estimate of drug-likeness (QED) is 0.454. The van der Waals surface area contributed by atoms with E-state index in [-0.39, 0.29) is 11.4 Å². The number of carbonyl (C=O) groups is 2. The highest BCUT2D eigenvalue weighted by Gasteiger charge is 2.57. The van der Waals surface area contributed by atoms with Gasteiger partial charge in [0.2, 0.25) is 0 Å². The van der Waals surface area contributed by atoms with E-state index in [1.807, 2.05) is 12.1 Å². The number of esters is 1. The largest absolute Gasteiger partial charge is 0.427 e. The van der Waals surface area contributed by atoms with Crippen LogP contribution in [0.2, 0.25) is 0 Å². The lowest BCUT2D eigenvalue weighted by Crippen LogP contribution is -2.46. The van der Waals surface area contributed by atoms with Crippen LogP contribution in [0.1, 0.15) is 56.6 Å². The third kappa shape index (κ3) is 2.47. The summed E-state index contributed by atoms with van der Waals surface area (Å²) in [5.74, 6) is 2.65. The molecule has 132 valence electrons. The molecular weight excluding hydrogens is 312 g/mol. The van der Waals surface area contributed by atoms with Gasteiger partial charge in [-0.2, -0.15) is 0 Å². The van der Waals surface area contributed by atoms with Crippen molar-refractivity contribution in [2.24, 2.45) is 23.2 Å². The molecule has 1 aromatic carbocycles. The maximum Gasteiger partial charge on any atom is 0.308 e. The van der Waals surface area contributed by atoms with E-state index in [0.717, 1.165) is 32.1 Å². The first-order chi connectivity index (χ1) is 11.9. The van der Waals surface area contributed by atoms with Crippen LogP contribution >= 0.6 is 0 Å². The van der Waals surface area contributed by atoms with Crippen molar-refractivity contribution in [2.75, 3.05) is 0 Å². The molecule has 0 saturated heterocycles. The second-order valence-electron chi connectivity index (χ2n) is 8.27. The van der Waals surface area contributed by atoms with E-state index in [2.05, 4.69) is 25.6 Å². The number of fused-ring (bicyclic) bond motifs is 5. The zero-order valence-electron chi connectivity index (χ0n) is 15.1. The molecule has 0 N–H and O–H groups in total. The minimum absolute atomic E-state index is 0.158. The SMILES string of the molecule is C=C[C@H]1C[C@]2(C)C(=O)CC[C@H]2[C@@H]2CCc3cc(OC(C)=O)ccc3[C@H]21. The Labute approximate surface area is 149 Å². The number of hydrogen-bond acceptors (Lipinski definition) is 3. The molecule has 3 nitrogen and oxygen atoms in total. The lowest BCUT2D eigenvalue weighted by molar-refractivity contribution is -0.132. The van der Waals surface area contributed by atoms with Crippen LogP contribution in [0, 0.1) is 23.2 Å². The molecule has 0 unspecified atom stereocenters. The molecule has 0 bridgehead atoms. The van der Waals surface area contributed by atoms with E-state index in [0.29, 0.717) is 35.2 Å². The van der Waals surface area contributed by atoms with Gasteiger partial charge in [0.05, 0.1) is 0 Å². The Hall–Kier alpha value is -1.90. The number of allylic oxidation sites excluding steroid dienone is 1. The molecule has 2 fully saturated rings. The molecule has 4 rings (SSSR count). The van der Waals surface area contributed by atoms with Gasteiger partial charge in [-0.15, -0.1) is 6.58 Å². The topological polar surface area (TPSA) is 43.4 Å². The van der Waals surface area contributed by atoms with Gasteiger partial charge in [-0.3, -0.25) is 9.59 Å². The number of aryl methyl sites for hydroxylation is 1. The Morgan fingerprint density at radius 2 is 2.12 bits per heavy atom. The third-order valence-corrected chi connectivity index (χ3v) is 7.02. The molecule has 0 amide bonds. The summed E-state index contributed by atoms with van der Waals surface area (Å²) in [5.41, 5.74) is 2.51. The number of ketones is 1. The average molecular weight is 338 g/mol. The van der Waals surface area contributed by atoms with Gasteiger partial charge in [0, 0.05) is 18.8 Å². The van der Waals surface area contributed by atoms with Crippen molar-refractivity contribution in [1.29, 1.82) is 0 Å². The number of Topliss-reactive ketones (excluding diaryl/α,β-unsaturated/α-hetero) is 1. The molecule has 2 saturated carbocycles. The van der Waals surface area contributed by atoms with E-state index in [9.17, 15) is 9.59 Å². The zero-order chi connectivity index (χ0) is 17.8. The molecule has 3 heteroatoms. The minimum Gasteiger partial charge on any atom is -0.427 e. The number of benzene rings is 1. The lowest BCUT2D eigenvalue weighted by Gasteiger charge is -2.51. The van der Waals surface area contributed by atoms with Gasteiger partial charge in [-0.05, 0) is 72.6 Å². The standard InChI is InChI=1S/C22H26O3/c1-4-14-12-22(3)19(9-10-20(22)24)18-7-5-15-11-16(25-13(2)23)6-8-17(15)21(14)18/h4,6,8,11,14,18-19,21H,1,5,7,9-10,12H2,2-3H3/t14-,18-,19-,21+,22-/m0/s1. The molecule has 0 spiro atoms. The van der Waals surface area contributed by atoms with E-state index >= 15 is 0 Å². The third-order valence-electron chi connectivity index (χ3n) is 7.02. The van der Waals surface area contributed by atoms with Gasteiger partial charge in [-0.1, -0.05) is 19.1 Å². The van der Waals surface area contributed by atoms with Gasteiger partial charge < -0.3 is 4.74 Å². The number of hydrogen-bond donors (Lipinski definition) is 0. The van der Waals surface area contributed by atoms with E-state index in [1.165, 1.54) is 18.1 Å². The van der Waals surface area contributed by atoms with Crippen LogP contribution < -0.4 is 4.74 Å². The van der Waals surface area contributed by atoms with Crippen molar-refractivity contribution >= 4 is 11.8 Å². The fourth-order valence-corrected chi connectivity index (χ4v) is 5.98.